The normalized spacial score (nSPS) is 27.1. The van der Waals surface area contributed by atoms with Crippen molar-refractivity contribution in [2.45, 2.75) is 147 Å². The van der Waals surface area contributed by atoms with Gasteiger partial charge in [0.05, 0.1) is 18.6 Å². The van der Waals surface area contributed by atoms with E-state index in [0.29, 0.717) is 19.4 Å². The number of Topliss-reactive ketones (excluding diaryl/α,β-unsaturated/α-hetero) is 1. The minimum Gasteiger partial charge on any atom is -0.347 e. The highest BCUT2D eigenvalue weighted by Gasteiger charge is 2.61. The van der Waals surface area contributed by atoms with Gasteiger partial charge < -0.3 is 31.5 Å². The number of rotatable bonds is 10. The van der Waals surface area contributed by atoms with Crippen LogP contribution in [0.3, 0.4) is 0 Å². The van der Waals surface area contributed by atoms with Crippen LogP contribution < -0.4 is 31.9 Å². The van der Waals surface area contributed by atoms with Crippen molar-refractivity contribution in [2.75, 3.05) is 13.1 Å². The van der Waals surface area contributed by atoms with Crippen LogP contribution in [0.15, 0.2) is 0 Å². The van der Waals surface area contributed by atoms with Gasteiger partial charge in [-0.1, -0.05) is 53.4 Å². The zero-order chi connectivity index (χ0) is 34.8. The number of imide groups is 1. The smallest absolute Gasteiger partial charge is 0.323 e. The second-order valence-electron chi connectivity index (χ2n) is 15.2. The van der Waals surface area contributed by atoms with Crippen LogP contribution in [-0.4, -0.2) is 106 Å². The highest BCUT2D eigenvalue weighted by Crippen LogP contribution is 2.41. The maximum absolute atomic E-state index is 14.5. The summed E-state index contributed by atoms with van der Waals surface area (Å²) in [6.45, 7) is 7.73. The molecule has 3 saturated heterocycles. The van der Waals surface area contributed by atoms with Crippen molar-refractivity contribution in [3.63, 3.8) is 0 Å². The molecule has 2 aliphatic carbocycles. The van der Waals surface area contributed by atoms with Crippen molar-refractivity contribution in [1.82, 2.24) is 41.7 Å². The summed E-state index contributed by atoms with van der Waals surface area (Å²) in [5.41, 5.74) is -1.85. The van der Waals surface area contributed by atoms with Crippen molar-refractivity contribution >= 4 is 41.5 Å². The number of ketones is 1. The number of hydrogen-bond donors (Lipinski definition) is 6. The summed E-state index contributed by atoms with van der Waals surface area (Å²) in [6, 6.07) is -5.27. The van der Waals surface area contributed by atoms with Gasteiger partial charge in [-0.2, -0.15) is 0 Å². The van der Waals surface area contributed by atoms with E-state index in [2.05, 4.69) is 31.9 Å². The molecule has 0 aromatic heterocycles. The molecule has 2 saturated carbocycles. The second-order valence-corrected chi connectivity index (χ2v) is 15.2. The zero-order valence-electron chi connectivity index (χ0n) is 28.6. The first-order valence-corrected chi connectivity index (χ1v) is 17.6. The quantitative estimate of drug-likeness (QED) is 0.183. The third-order valence-corrected chi connectivity index (χ3v) is 10.3. The zero-order valence-corrected chi connectivity index (χ0v) is 28.6. The Morgan fingerprint density at radius 2 is 1.58 bits per heavy atom. The van der Waals surface area contributed by atoms with Crippen molar-refractivity contribution in [3.05, 3.63) is 0 Å². The van der Waals surface area contributed by atoms with Crippen LogP contribution in [0.25, 0.3) is 0 Å². The first-order chi connectivity index (χ1) is 22.7. The third kappa shape index (κ3) is 7.92. The van der Waals surface area contributed by atoms with Gasteiger partial charge >= 0.3 is 12.1 Å². The minimum atomic E-state index is -1.16. The molecule has 3 aliphatic heterocycles. The molecule has 3 heterocycles. The standard InChI is InChI=1S/C33H52N8O7/c1-5-10-21(24(42)28(45)34-20-14-15-20)36-26(43)23-17-33(39-27(44)22-13-9-16-41(22)33)18-40(23)29(46)25(32(2,3)4)37-31(48)38-30(47)35-19-11-7-6-8-12-19/h19-23,25H,5-18H2,1-4H3,(H,34,45)(H,36,43)(H,39,44)(H3,35,37,38,47,48)/t21?,22?,23-,25+,33?/m0/s1. The first kappa shape index (κ1) is 35.6. The maximum Gasteiger partial charge on any atom is 0.323 e. The van der Waals surface area contributed by atoms with E-state index < -0.39 is 64.8 Å². The number of likely N-dealkylation sites (tertiary alicyclic amines) is 1. The van der Waals surface area contributed by atoms with E-state index in [-0.39, 0.29) is 43.4 Å². The van der Waals surface area contributed by atoms with Gasteiger partial charge in [-0.15, -0.1) is 0 Å². The fourth-order valence-electron chi connectivity index (χ4n) is 7.61. The van der Waals surface area contributed by atoms with Gasteiger partial charge in [0.15, 0.2) is 0 Å². The number of fused-ring (bicyclic) bond motifs is 2. The summed E-state index contributed by atoms with van der Waals surface area (Å²) in [5, 5.41) is 16.3. The molecule has 1 spiro atoms. The topological polar surface area (TPSA) is 198 Å². The van der Waals surface area contributed by atoms with E-state index in [1.54, 1.807) is 20.8 Å². The highest BCUT2D eigenvalue weighted by atomic mass is 16.2. The molecule has 266 valence electrons. The predicted octanol–water partition coefficient (Wildman–Crippen LogP) is 0.767. The number of hydrogen-bond acceptors (Lipinski definition) is 8. The maximum atomic E-state index is 14.5. The van der Waals surface area contributed by atoms with Gasteiger partial charge in [0.25, 0.3) is 5.91 Å². The Kier molecular flexibility index (Phi) is 10.7. The highest BCUT2D eigenvalue weighted by molar-refractivity contribution is 6.38. The lowest BCUT2D eigenvalue weighted by molar-refractivity contribution is -0.144. The second kappa shape index (κ2) is 14.4. The SMILES string of the molecule is CCCC(NC(=O)[C@@H]1CC2(CN1C(=O)[C@@H](NC(=O)NC(=O)NC1CCCCC1)C(C)(C)C)NC(=O)C1CCCN12)C(=O)C(=O)NC1CC1. The van der Waals surface area contributed by atoms with Gasteiger partial charge in [-0.05, 0) is 50.4 Å². The van der Waals surface area contributed by atoms with Gasteiger partial charge in [0.2, 0.25) is 23.5 Å². The molecule has 5 fully saturated rings. The number of nitrogens with zero attached hydrogens (tertiary/aromatic N) is 2. The first-order valence-electron chi connectivity index (χ1n) is 17.6. The van der Waals surface area contributed by atoms with E-state index in [1.807, 2.05) is 11.8 Å². The molecule has 3 unspecified atom stereocenters. The Hall–Kier alpha value is -3.75. The van der Waals surface area contributed by atoms with E-state index in [4.69, 9.17) is 0 Å². The van der Waals surface area contributed by atoms with Crippen molar-refractivity contribution in [3.8, 4) is 0 Å². The molecule has 0 radical (unpaired) electrons. The summed E-state index contributed by atoms with van der Waals surface area (Å²) in [7, 11) is 0. The summed E-state index contributed by atoms with van der Waals surface area (Å²) < 4.78 is 0. The van der Waals surface area contributed by atoms with Gasteiger partial charge in [-0.3, -0.25) is 34.2 Å². The van der Waals surface area contributed by atoms with Crippen molar-refractivity contribution < 1.29 is 33.6 Å². The van der Waals surface area contributed by atoms with Crippen LogP contribution >= 0.6 is 0 Å². The van der Waals surface area contributed by atoms with E-state index in [0.717, 1.165) is 51.4 Å². The van der Waals surface area contributed by atoms with Crippen LogP contribution in [0, 0.1) is 5.41 Å². The summed E-state index contributed by atoms with van der Waals surface area (Å²) in [4.78, 5) is 96.4. The number of nitrogens with one attached hydrogen (secondary N) is 6. The van der Waals surface area contributed by atoms with Gasteiger partial charge in [0, 0.05) is 25.0 Å². The Morgan fingerprint density at radius 3 is 2.23 bits per heavy atom. The molecule has 15 heteroatoms. The van der Waals surface area contributed by atoms with Crippen LogP contribution in [0.1, 0.15) is 105 Å². The Labute approximate surface area is 281 Å². The molecule has 48 heavy (non-hydrogen) atoms. The van der Waals surface area contributed by atoms with Crippen molar-refractivity contribution in [1.29, 1.82) is 0 Å². The van der Waals surface area contributed by atoms with Crippen LogP contribution in [-0.2, 0) is 24.0 Å². The van der Waals surface area contributed by atoms with E-state index in [9.17, 15) is 33.6 Å². The summed E-state index contributed by atoms with van der Waals surface area (Å²) in [5.74, 6) is -2.83. The molecule has 5 atom stereocenters. The Morgan fingerprint density at radius 1 is 0.896 bits per heavy atom. The molecule has 15 nitrogen and oxygen atoms in total. The average molecular weight is 673 g/mol. The minimum absolute atomic E-state index is 0.0151. The van der Waals surface area contributed by atoms with Crippen LogP contribution in [0.2, 0.25) is 0 Å². The number of carbonyl (C=O) groups excluding carboxylic acids is 7. The Bertz CT molecular complexity index is 1310. The molecule has 8 amide bonds. The molecular weight excluding hydrogens is 620 g/mol. The average Bonchev–Trinajstić information content (AvgIpc) is 3.43. The molecule has 6 N–H and O–H groups in total. The number of urea groups is 2. The Balaban J connectivity index is 1.35. The lowest BCUT2D eigenvalue weighted by Gasteiger charge is -2.36. The molecular formula is C33H52N8O7. The van der Waals surface area contributed by atoms with Gasteiger partial charge in [0.1, 0.15) is 17.7 Å². The van der Waals surface area contributed by atoms with E-state index in [1.165, 1.54) is 4.90 Å². The molecule has 0 aromatic rings. The number of amides is 8. The van der Waals surface area contributed by atoms with Crippen molar-refractivity contribution in [2.24, 2.45) is 5.41 Å². The van der Waals surface area contributed by atoms with Crippen LogP contribution in [0.5, 0.6) is 0 Å². The fraction of sp³-hybridized carbons (Fsp3) is 0.788. The summed E-state index contributed by atoms with van der Waals surface area (Å²) in [6.07, 6.45) is 8.68. The monoisotopic (exact) mass is 672 g/mol. The lowest BCUT2D eigenvalue weighted by Crippen LogP contribution is -2.61. The molecule has 0 bridgehead atoms. The molecule has 0 aromatic carbocycles. The van der Waals surface area contributed by atoms with E-state index >= 15 is 0 Å². The number of carbonyl (C=O) groups is 7. The lowest BCUT2D eigenvalue weighted by atomic mass is 9.85. The molecule has 5 rings (SSSR count). The third-order valence-electron chi connectivity index (χ3n) is 10.3. The predicted molar refractivity (Wildman–Crippen MR) is 174 cm³/mol. The van der Waals surface area contributed by atoms with Crippen LogP contribution in [0.4, 0.5) is 9.59 Å². The summed E-state index contributed by atoms with van der Waals surface area (Å²) >= 11 is 0. The fourth-order valence-corrected chi connectivity index (χ4v) is 7.61. The molecule has 5 aliphatic rings. The largest absolute Gasteiger partial charge is 0.347 e. The van der Waals surface area contributed by atoms with Gasteiger partial charge in [-0.25, -0.2) is 9.59 Å².